The Balaban J connectivity index is 2.11. The number of benzene rings is 1. The Morgan fingerprint density at radius 1 is 1.41 bits per heavy atom. The van der Waals surface area contributed by atoms with Gasteiger partial charge in [-0.3, -0.25) is 4.79 Å². The highest BCUT2D eigenvalue weighted by atomic mass is 16.2. The molecule has 1 unspecified atom stereocenters. The van der Waals surface area contributed by atoms with Gasteiger partial charge in [-0.05, 0) is 44.9 Å². The zero-order chi connectivity index (χ0) is 12.3. The molecule has 1 aromatic carbocycles. The molecule has 1 aliphatic heterocycles. The molecule has 0 aliphatic carbocycles. The van der Waals surface area contributed by atoms with Gasteiger partial charge in [-0.25, -0.2) is 0 Å². The van der Waals surface area contributed by atoms with Gasteiger partial charge in [0.25, 0.3) is 5.91 Å². The summed E-state index contributed by atoms with van der Waals surface area (Å²) in [7, 11) is 0. The Bertz CT molecular complexity index is 386. The normalized spacial score (nSPS) is 19.6. The first-order chi connectivity index (χ1) is 8.22. The lowest BCUT2D eigenvalue weighted by molar-refractivity contribution is 0.0732. The largest absolute Gasteiger partial charge is 0.336 e. The van der Waals surface area contributed by atoms with E-state index in [0.717, 1.165) is 31.4 Å². The molecule has 0 spiro atoms. The average Bonchev–Trinajstić information content (AvgIpc) is 2.78. The van der Waals surface area contributed by atoms with E-state index in [1.54, 1.807) is 0 Å². The zero-order valence-corrected chi connectivity index (χ0v) is 10.4. The van der Waals surface area contributed by atoms with E-state index in [1.807, 2.05) is 36.1 Å². The smallest absolute Gasteiger partial charge is 0.254 e. The lowest BCUT2D eigenvalue weighted by Gasteiger charge is -2.24. The van der Waals surface area contributed by atoms with Gasteiger partial charge in [0.05, 0.1) is 0 Å². The van der Waals surface area contributed by atoms with Crippen LogP contribution in [0, 0.1) is 6.92 Å². The molecule has 1 aromatic rings. The van der Waals surface area contributed by atoms with Crippen LogP contribution >= 0.6 is 0 Å². The number of aryl methyl sites for hydroxylation is 1. The molecule has 1 saturated heterocycles. The summed E-state index contributed by atoms with van der Waals surface area (Å²) in [6.07, 6.45) is 3.11. The summed E-state index contributed by atoms with van der Waals surface area (Å²) in [6, 6.07) is 8.14. The van der Waals surface area contributed by atoms with E-state index in [0.29, 0.717) is 12.6 Å². The topological polar surface area (TPSA) is 46.3 Å². The quantitative estimate of drug-likeness (QED) is 0.865. The van der Waals surface area contributed by atoms with Crippen molar-refractivity contribution in [3.05, 3.63) is 35.4 Å². The standard InChI is InChI=1S/C14H20N2O/c1-11-4-6-12(7-5-11)14(17)16-10-2-3-13(16)8-9-15/h4-7,13H,2-3,8-10,15H2,1H3. The second-order valence-electron chi connectivity index (χ2n) is 4.74. The maximum absolute atomic E-state index is 12.3. The number of carbonyl (C=O) groups is 1. The Morgan fingerprint density at radius 3 is 2.76 bits per heavy atom. The maximum atomic E-state index is 12.3. The number of carbonyl (C=O) groups excluding carboxylic acids is 1. The third-order valence-corrected chi connectivity index (χ3v) is 3.44. The van der Waals surface area contributed by atoms with Crippen LogP contribution in [0.1, 0.15) is 35.2 Å². The second-order valence-corrected chi connectivity index (χ2v) is 4.74. The fourth-order valence-electron chi connectivity index (χ4n) is 2.46. The molecule has 3 nitrogen and oxygen atoms in total. The molecule has 0 aromatic heterocycles. The van der Waals surface area contributed by atoms with Crippen molar-refractivity contribution in [1.82, 2.24) is 4.90 Å². The molecule has 1 fully saturated rings. The van der Waals surface area contributed by atoms with Crippen molar-refractivity contribution >= 4 is 5.91 Å². The molecule has 1 amide bonds. The molecule has 2 N–H and O–H groups in total. The van der Waals surface area contributed by atoms with Crippen LogP contribution in [0.5, 0.6) is 0 Å². The van der Waals surface area contributed by atoms with Gasteiger partial charge in [0.2, 0.25) is 0 Å². The fourth-order valence-corrected chi connectivity index (χ4v) is 2.46. The summed E-state index contributed by atoms with van der Waals surface area (Å²) in [4.78, 5) is 14.3. The van der Waals surface area contributed by atoms with Crippen LogP contribution in [0.4, 0.5) is 0 Å². The van der Waals surface area contributed by atoms with Crippen molar-refractivity contribution in [2.45, 2.75) is 32.2 Å². The van der Waals surface area contributed by atoms with Crippen LogP contribution in [0.15, 0.2) is 24.3 Å². The van der Waals surface area contributed by atoms with E-state index in [-0.39, 0.29) is 5.91 Å². The lowest BCUT2D eigenvalue weighted by Crippen LogP contribution is -2.36. The first-order valence-electron chi connectivity index (χ1n) is 6.30. The summed E-state index contributed by atoms with van der Waals surface area (Å²) in [5.74, 6) is 0.154. The predicted molar refractivity (Wildman–Crippen MR) is 68.9 cm³/mol. The zero-order valence-electron chi connectivity index (χ0n) is 10.4. The minimum absolute atomic E-state index is 0.154. The number of rotatable bonds is 3. The molecule has 2 rings (SSSR count). The van der Waals surface area contributed by atoms with Crippen molar-refractivity contribution in [1.29, 1.82) is 0 Å². The molecule has 0 saturated carbocycles. The van der Waals surface area contributed by atoms with Crippen LogP contribution in [0.25, 0.3) is 0 Å². The highest BCUT2D eigenvalue weighted by molar-refractivity contribution is 5.94. The molecule has 0 bridgehead atoms. The first-order valence-corrected chi connectivity index (χ1v) is 6.30. The van der Waals surface area contributed by atoms with Crippen molar-refractivity contribution in [2.24, 2.45) is 5.73 Å². The van der Waals surface area contributed by atoms with Gasteiger partial charge in [0.1, 0.15) is 0 Å². The molecule has 1 aliphatic rings. The summed E-state index contributed by atoms with van der Waals surface area (Å²) in [5, 5.41) is 0. The SMILES string of the molecule is Cc1ccc(C(=O)N2CCCC2CCN)cc1. The van der Waals surface area contributed by atoms with Gasteiger partial charge in [0.15, 0.2) is 0 Å². The summed E-state index contributed by atoms with van der Waals surface area (Å²) >= 11 is 0. The van der Waals surface area contributed by atoms with E-state index in [4.69, 9.17) is 5.73 Å². The molecule has 92 valence electrons. The maximum Gasteiger partial charge on any atom is 0.254 e. The van der Waals surface area contributed by atoms with Crippen molar-refractivity contribution in [2.75, 3.05) is 13.1 Å². The lowest BCUT2D eigenvalue weighted by atomic mass is 10.1. The molecule has 17 heavy (non-hydrogen) atoms. The van der Waals surface area contributed by atoms with Crippen LogP contribution in [-0.4, -0.2) is 29.9 Å². The van der Waals surface area contributed by atoms with Gasteiger partial charge < -0.3 is 10.6 Å². The molecular formula is C14H20N2O. The van der Waals surface area contributed by atoms with E-state index < -0.39 is 0 Å². The van der Waals surface area contributed by atoms with Gasteiger partial charge in [-0.15, -0.1) is 0 Å². The Morgan fingerprint density at radius 2 is 2.12 bits per heavy atom. The minimum Gasteiger partial charge on any atom is -0.336 e. The van der Waals surface area contributed by atoms with Crippen molar-refractivity contribution < 1.29 is 4.79 Å². The molecule has 0 radical (unpaired) electrons. The number of amides is 1. The molecular weight excluding hydrogens is 212 g/mol. The average molecular weight is 232 g/mol. The third kappa shape index (κ3) is 2.67. The van der Waals surface area contributed by atoms with Gasteiger partial charge >= 0.3 is 0 Å². The van der Waals surface area contributed by atoms with Crippen LogP contribution in [0.2, 0.25) is 0 Å². The Labute approximate surface area is 103 Å². The van der Waals surface area contributed by atoms with E-state index in [1.165, 1.54) is 5.56 Å². The highest BCUT2D eigenvalue weighted by Crippen LogP contribution is 2.22. The minimum atomic E-state index is 0.154. The monoisotopic (exact) mass is 232 g/mol. The second kappa shape index (κ2) is 5.32. The first kappa shape index (κ1) is 12.1. The van der Waals surface area contributed by atoms with Crippen molar-refractivity contribution in [3.63, 3.8) is 0 Å². The van der Waals surface area contributed by atoms with Gasteiger partial charge in [-0.1, -0.05) is 17.7 Å². The highest BCUT2D eigenvalue weighted by Gasteiger charge is 2.28. The number of nitrogens with two attached hydrogens (primary N) is 1. The molecule has 3 heteroatoms. The van der Waals surface area contributed by atoms with Crippen molar-refractivity contribution in [3.8, 4) is 0 Å². The van der Waals surface area contributed by atoms with Crippen LogP contribution in [-0.2, 0) is 0 Å². The Hall–Kier alpha value is -1.35. The van der Waals surface area contributed by atoms with Gasteiger partial charge in [-0.2, -0.15) is 0 Å². The van der Waals surface area contributed by atoms with E-state index in [2.05, 4.69) is 0 Å². The predicted octanol–water partition coefficient (Wildman–Crippen LogP) is 1.95. The summed E-state index contributed by atoms with van der Waals surface area (Å²) in [5.41, 5.74) is 7.56. The van der Waals surface area contributed by atoms with Crippen LogP contribution in [0.3, 0.4) is 0 Å². The summed E-state index contributed by atoms with van der Waals surface area (Å²) < 4.78 is 0. The number of hydrogen-bond acceptors (Lipinski definition) is 2. The fraction of sp³-hybridized carbons (Fsp3) is 0.500. The third-order valence-electron chi connectivity index (χ3n) is 3.44. The number of nitrogens with zero attached hydrogens (tertiary/aromatic N) is 1. The molecule has 1 heterocycles. The van der Waals surface area contributed by atoms with E-state index >= 15 is 0 Å². The summed E-state index contributed by atoms with van der Waals surface area (Å²) in [6.45, 7) is 3.56. The Kier molecular flexibility index (Phi) is 3.79. The number of hydrogen-bond donors (Lipinski definition) is 1. The molecule has 1 atom stereocenters. The van der Waals surface area contributed by atoms with Crippen LogP contribution < -0.4 is 5.73 Å². The number of likely N-dealkylation sites (tertiary alicyclic amines) is 1. The van der Waals surface area contributed by atoms with E-state index in [9.17, 15) is 4.79 Å². The van der Waals surface area contributed by atoms with Gasteiger partial charge in [0, 0.05) is 18.2 Å².